The lowest BCUT2D eigenvalue weighted by atomic mass is 9.82. The molecule has 0 aliphatic heterocycles. The van der Waals surface area contributed by atoms with Crippen LogP contribution in [-0.2, 0) is 0 Å². The summed E-state index contributed by atoms with van der Waals surface area (Å²) in [5.41, 5.74) is 7.08. The Morgan fingerprint density at radius 1 is 1.39 bits per heavy atom. The van der Waals surface area contributed by atoms with Crippen molar-refractivity contribution >= 4 is 11.6 Å². The number of rotatable bonds is 5. The van der Waals surface area contributed by atoms with Crippen LogP contribution in [0, 0.1) is 5.92 Å². The zero-order valence-corrected chi connectivity index (χ0v) is 11.5. The number of hydrogen-bond acceptors (Lipinski definition) is 3. The minimum absolute atomic E-state index is 0.0877. The Morgan fingerprint density at radius 3 is 2.50 bits per heavy atom. The van der Waals surface area contributed by atoms with Gasteiger partial charge in [-0.1, -0.05) is 23.7 Å². The van der Waals surface area contributed by atoms with E-state index in [0.29, 0.717) is 12.5 Å². The van der Waals surface area contributed by atoms with E-state index >= 15 is 0 Å². The molecule has 1 aliphatic rings. The molecule has 1 aromatic rings. The van der Waals surface area contributed by atoms with E-state index in [0.717, 1.165) is 24.4 Å². The van der Waals surface area contributed by atoms with Crippen LogP contribution in [0.3, 0.4) is 0 Å². The van der Waals surface area contributed by atoms with Crippen molar-refractivity contribution in [3.05, 3.63) is 34.9 Å². The van der Waals surface area contributed by atoms with Gasteiger partial charge in [0, 0.05) is 24.2 Å². The normalized spacial score (nSPS) is 24.9. The van der Waals surface area contributed by atoms with E-state index < -0.39 is 0 Å². The van der Waals surface area contributed by atoms with Crippen LogP contribution in [0.5, 0.6) is 0 Å². The van der Waals surface area contributed by atoms with Crippen molar-refractivity contribution in [3.8, 4) is 0 Å². The van der Waals surface area contributed by atoms with Crippen molar-refractivity contribution in [3.63, 3.8) is 0 Å². The predicted octanol–water partition coefficient (Wildman–Crippen LogP) is 2.04. The van der Waals surface area contributed by atoms with Gasteiger partial charge >= 0.3 is 0 Å². The molecule has 1 saturated carbocycles. The monoisotopic (exact) mass is 268 g/mol. The lowest BCUT2D eigenvalue weighted by Gasteiger charge is -2.37. The summed E-state index contributed by atoms with van der Waals surface area (Å²) < 4.78 is 0. The van der Waals surface area contributed by atoms with Gasteiger partial charge in [-0.2, -0.15) is 0 Å². The van der Waals surface area contributed by atoms with Crippen molar-refractivity contribution in [1.29, 1.82) is 0 Å². The molecule has 3 N–H and O–H groups in total. The lowest BCUT2D eigenvalue weighted by molar-refractivity contribution is 0.0224. The molecule has 1 aromatic carbocycles. The molecule has 100 valence electrons. The summed E-state index contributed by atoms with van der Waals surface area (Å²) in [5, 5.41) is 10.1. The summed E-state index contributed by atoms with van der Waals surface area (Å²) in [7, 11) is 2.09. The van der Waals surface area contributed by atoms with Gasteiger partial charge in [0.1, 0.15) is 0 Å². The first-order valence-electron chi connectivity index (χ1n) is 6.44. The van der Waals surface area contributed by atoms with Crippen LogP contribution in [0.4, 0.5) is 0 Å². The summed E-state index contributed by atoms with van der Waals surface area (Å²) in [6, 6.07) is 8.10. The molecular formula is C14H21ClN2O. The maximum absolute atomic E-state index is 9.32. The topological polar surface area (TPSA) is 49.5 Å². The van der Waals surface area contributed by atoms with Crippen LogP contribution in [-0.4, -0.2) is 36.2 Å². The molecule has 0 saturated heterocycles. The summed E-state index contributed by atoms with van der Waals surface area (Å²) in [4.78, 5) is 2.28. The maximum Gasteiger partial charge on any atom is 0.0546 e. The van der Waals surface area contributed by atoms with E-state index in [4.69, 9.17) is 17.3 Å². The molecule has 0 bridgehead atoms. The van der Waals surface area contributed by atoms with Gasteiger partial charge in [0.15, 0.2) is 0 Å². The van der Waals surface area contributed by atoms with Gasteiger partial charge in [-0.3, -0.25) is 4.90 Å². The highest BCUT2D eigenvalue weighted by Gasteiger charge is 2.29. The number of nitrogens with zero attached hydrogens (tertiary/aromatic N) is 1. The van der Waals surface area contributed by atoms with Crippen molar-refractivity contribution < 1.29 is 5.11 Å². The Labute approximate surface area is 114 Å². The highest BCUT2D eigenvalue weighted by Crippen LogP contribution is 2.30. The van der Waals surface area contributed by atoms with E-state index in [2.05, 4.69) is 11.9 Å². The third-order valence-corrected chi connectivity index (χ3v) is 4.02. The maximum atomic E-state index is 9.32. The Morgan fingerprint density at radius 2 is 2.00 bits per heavy atom. The third-order valence-electron chi connectivity index (χ3n) is 3.77. The molecule has 1 aliphatic carbocycles. The van der Waals surface area contributed by atoms with Crippen molar-refractivity contribution in [1.82, 2.24) is 4.90 Å². The average molecular weight is 269 g/mol. The molecule has 0 spiro atoms. The van der Waals surface area contributed by atoms with E-state index in [9.17, 15) is 5.11 Å². The quantitative estimate of drug-likeness (QED) is 0.859. The molecule has 0 radical (unpaired) electrons. The molecule has 4 heteroatoms. The molecule has 0 heterocycles. The highest BCUT2D eigenvalue weighted by atomic mass is 35.5. The summed E-state index contributed by atoms with van der Waals surface area (Å²) in [6.07, 6.45) is 1.75. The fourth-order valence-electron chi connectivity index (χ4n) is 2.64. The number of benzene rings is 1. The average Bonchev–Trinajstić information content (AvgIpc) is 2.30. The number of aliphatic hydroxyl groups is 1. The molecular weight excluding hydrogens is 248 g/mol. The number of likely N-dealkylation sites (N-methyl/N-ethyl adjacent to an activating group) is 1. The Kier molecular flexibility index (Phi) is 4.62. The standard InChI is InChI=1S/C14H21ClN2O/c1-17(9-10-6-13(18)7-10)14(8-16)11-2-4-12(15)5-3-11/h2-5,10,13-14,18H,6-9,16H2,1H3. The smallest absolute Gasteiger partial charge is 0.0546 e. The first-order chi connectivity index (χ1) is 8.60. The van der Waals surface area contributed by atoms with Crippen LogP contribution >= 0.6 is 11.6 Å². The van der Waals surface area contributed by atoms with Crippen molar-refractivity contribution in [2.75, 3.05) is 20.1 Å². The lowest BCUT2D eigenvalue weighted by Crippen LogP contribution is -2.40. The van der Waals surface area contributed by atoms with E-state index in [1.54, 1.807) is 0 Å². The van der Waals surface area contributed by atoms with Gasteiger partial charge in [0.2, 0.25) is 0 Å². The molecule has 3 nitrogen and oxygen atoms in total. The van der Waals surface area contributed by atoms with Crippen LogP contribution < -0.4 is 5.73 Å². The molecule has 1 fully saturated rings. The zero-order chi connectivity index (χ0) is 13.1. The first-order valence-corrected chi connectivity index (χ1v) is 6.81. The Hall–Kier alpha value is -0.610. The summed E-state index contributed by atoms with van der Waals surface area (Å²) >= 11 is 5.90. The second-order valence-corrected chi connectivity index (χ2v) is 5.67. The van der Waals surface area contributed by atoms with Gasteiger partial charge in [-0.05, 0) is 43.5 Å². The Balaban J connectivity index is 1.96. The highest BCUT2D eigenvalue weighted by molar-refractivity contribution is 6.30. The second kappa shape index (κ2) is 6.02. The summed E-state index contributed by atoms with van der Waals surface area (Å²) in [5.74, 6) is 0.603. The van der Waals surface area contributed by atoms with Gasteiger partial charge < -0.3 is 10.8 Å². The molecule has 1 atom stereocenters. The van der Waals surface area contributed by atoms with Crippen LogP contribution in [0.1, 0.15) is 24.4 Å². The Bertz CT molecular complexity index is 376. The predicted molar refractivity (Wildman–Crippen MR) is 74.6 cm³/mol. The van der Waals surface area contributed by atoms with Crippen molar-refractivity contribution in [2.24, 2.45) is 11.7 Å². The molecule has 0 aromatic heterocycles. The van der Waals surface area contributed by atoms with E-state index in [-0.39, 0.29) is 12.1 Å². The number of hydrogen-bond donors (Lipinski definition) is 2. The molecule has 2 rings (SSSR count). The minimum atomic E-state index is -0.0877. The minimum Gasteiger partial charge on any atom is -0.393 e. The van der Waals surface area contributed by atoms with Crippen molar-refractivity contribution in [2.45, 2.75) is 25.0 Å². The van der Waals surface area contributed by atoms with Crippen LogP contribution in [0.25, 0.3) is 0 Å². The molecule has 18 heavy (non-hydrogen) atoms. The number of aliphatic hydroxyl groups excluding tert-OH is 1. The SMILES string of the molecule is CN(CC1CC(O)C1)C(CN)c1ccc(Cl)cc1. The van der Waals surface area contributed by atoms with Crippen LogP contribution in [0.15, 0.2) is 24.3 Å². The fraction of sp³-hybridized carbons (Fsp3) is 0.571. The molecule has 0 amide bonds. The largest absolute Gasteiger partial charge is 0.393 e. The van der Waals surface area contributed by atoms with E-state index in [1.165, 1.54) is 5.56 Å². The van der Waals surface area contributed by atoms with Gasteiger partial charge in [-0.25, -0.2) is 0 Å². The number of halogens is 1. The van der Waals surface area contributed by atoms with Gasteiger partial charge in [-0.15, -0.1) is 0 Å². The number of nitrogens with two attached hydrogens (primary N) is 1. The van der Waals surface area contributed by atoms with Crippen LogP contribution in [0.2, 0.25) is 5.02 Å². The third kappa shape index (κ3) is 3.23. The van der Waals surface area contributed by atoms with Gasteiger partial charge in [0.05, 0.1) is 6.10 Å². The first kappa shape index (κ1) is 13.8. The van der Waals surface area contributed by atoms with Gasteiger partial charge in [0.25, 0.3) is 0 Å². The second-order valence-electron chi connectivity index (χ2n) is 5.23. The fourth-order valence-corrected chi connectivity index (χ4v) is 2.77. The summed E-state index contributed by atoms with van der Waals surface area (Å²) in [6.45, 7) is 1.58. The molecule has 1 unspecified atom stereocenters. The van der Waals surface area contributed by atoms with E-state index in [1.807, 2.05) is 24.3 Å². The zero-order valence-electron chi connectivity index (χ0n) is 10.7.